The van der Waals surface area contributed by atoms with Gasteiger partial charge in [-0.25, -0.2) is 9.18 Å². The summed E-state index contributed by atoms with van der Waals surface area (Å²) >= 11 is 0. The molecule has 0 aliphatic carbocycles. The van der Waals surface area contributed by atoms with E-state index in [4.69, 9.17) is 13.7 Å². The van der Waals surface area contributed by atoms with E-state index < -0.39 is 5.97 Å². The highest BCUT2D eigenvalue weighted by atomic mass is 19.1. The molecule has 0 N–H and O–H groups in total. The van der Waals surface area contributed by atoms with Gasteiger partial charge in [0, 0.05) is 10.9 Å². The van der Waals surface area contributed by atoms with Gasteiger partial charge in [0.05, 0.1) is 0 Å². The minimum Gasteiger partial charge on any atom is -0.450 e. The maximum atomic E-state index is 12.9. The first-order valence-corrected chi connectivity index (χ1v) is 7.43. The number of hydrogen-bond acceptors (Lipinski definition) is 6. The summed E-state index contributed by atoms with van der Waals surface area (Å²) in [6.45, 7) is -0.190. The molecule has 6 nitrogen and oxygen atoms in total. The normalized spacial score (nSPS) is 10.9. The first-order valence-electron chi connectivity index (χ1n) is 7.43. The molecule has 7 heteroatoms. The lowest BCUT2D eigenvalue weighted by Gasteiger charge is -1.97. The van der Waals surface area contributed by atoms with Gasteiger partial charge in [0.1, 0.15) is 11.4 Å². The molecule has 0 aliphatic rings. The molecular formula is C18H11FN2O4. The predicted molar refractivity (Wildman–Crippen MR) is 85.0 cm³/mol. The van der Waals surface area contributed by atoms with Gasteiger partial charge in [-0.3, -0.25) is 0 Å². The molecule has 4 aromatic rings. The minimum atomic E-state index is -0.627. The monoisotopic (exact) mass is 338 g/mol. The van der Waals surface area contributed by atoms with Crippen molar-refractivity contribution in [2.75, 3.05) is 0 Å². The second-order valence-electron chi connectivity index (χ2n) is 5.24. The number of aromatic nitrogens is 2. The molecule has 0 atom stereocenters. The highest BCUT2D eigenvalue weighted by Crippen LogP contribution is 2.20. The Morgan fingerprint density at radius 1 is 1.12 bits per heavy atom. The highest BCUT2D eigenvalue weighted by molar-refractivity contribution is 5.92. The van der Waals surface area contributed by atoms with Crippen molar-refractivity contribution in [1.29, 1.82) is 0 Å². The Morgan fingerprint density at radius 3 is 2.72 bits per heavy atom. The fourth-order valence-electron chi connectivity index (χ4n) is 2.31. The van der Waals surface area contributed by atoms with Gasteiger partial charge in [0.25, 0.3) is 5.89 Å². The zero-order chi connectivity index (χ0) is 17.2. The Hall–Kier alpha value is -3.48. The fraction of sp³-hybridized carbons (Fsp3) is 0.0556. The van der Waals surface area contributed by atoms with Crippen molar-refractivity contribution < 1.29 is 22.9 Å². The Morgan fingerprint density at radius 2 is 1.92 bits per heavy atom. The number of para-hydroxylation sites is 1. The molecule has 2 aromatic carbocycles. The molecule has 2 aromatic heterocycles. The zero-order valence-electron chi connectivity index (χ0n) is 12.8. The molecule has 2 heterocycles. The number of hydrogen-bond donors (Lipinski definition) is 0. The van der Waals surface area contributed by atoms with Crippen molar-refractivity contribution in [2.24, 2.45) is 0 Å². The average Bonchev–Trinajstić information content (AvgIpc) is 3.27. The van der Waals surface area contributed by atoms with Crippen LogP contribution in [-0.2, 0) is 11.3 Å². The number of fused-ring (bicyclic) bond motifs is 1. The van der Waals surface area contributed by atoms with E-state index >= 15 is 0 Å². The summed E-state index contributed by atoms with van der Waals surface area (Å²) in [4.78, 5) is 16.2. The molecule has 0 saturated carbocycles. The smallest absolute Gasteiger partial charge is 0.374 e. The zero-order valence-corrected chi connectivity index (χ0v) is 12.8. The van der Waals surface area contributed by atoms with Crippen LogP contribution in [0.2, 0.25) is 0 Å². The molecule has 0 fully saturated rings. The molecule has 0 amide bonds. The summed E-state index contributed by atoms with van der Waals surface area (Å²) < 4.78 is 28.5. The molecule has 0 spiro atoms. The van der Waals surface area contributed by atoms with Gasteiger partial charge in [-0.1, -0.05) is 23.4 Å². The number of rotatable bonds is 4. The predicted octanol–water partition coefficient (Wildman–Crippen LogP) is 3.98. The van der Waals surface area contributed by atoms with Gasteiger partial charge in [-0.15, -0.1) is 0 Å². The Kier molecular flexibility index (Phi) is 3.74. The van der Waals surface area contributed by atoms with Crippen LogP contribution in [0.4, 0.5) is 4.39 Å². The number of nitrogens with zero attached hydrogens (tertiary/aromatic N) is 2. The van der Waals surface area contributed by atoms with Crippen LogP contribution >= 0.6 is 0 Å². The number of benzene rings is 2. The van der Waals surface area contributed by atoms with E-state index in [0.717, 1.165) is 5.39 Å². The second kappa shape index (κ2) is 6.20. The third-order valence-electron chi connectivity index (χ3n) is 3.52. The first kappa shape index (κ1) is 15.1. The van der Waals surface area contributed by atoms with Crippen LogP contribution in [0.3, 0.4) is 0 Å². The number of ether oxygens (including phenoxy) is 1. The average molecular weight is 338 g/mol. The third kappa shape index (κ3) is 3.12. The molecule has 4 rings (SSSR count). The van der Waals surface area contributed by atoms with Crippen LogP contribution in [0, 0.1) is 5.82 Å². The third-order valence-corrected chi connectivity index (χ3v) is 3.52. The summed E-state index contributed by atoms with van der Waals surface area (Å²) in [5.74, 6) is -0.469. The number of carbonyl (C=O) groups is 1. The summed E-state index contributed by atoms with van der Waals surface area (Å²) in [7, 11) is 0. The van der Waals surface area contributed by atoms with E-state index in [0.29, 0.717) is 11.1 Å². The SMILES string of the molecule is O=C(OCc1nc(-c2ccc(F)cc2)no1)c1cc2ccccc2o1. The maximum Gasteiger partial charge on any atom is 0.374 e. The van der Waals surface area contributed by atoms with Crippen LogP contribution in [-0.4, -0.2) is 16.1 Å². The lowest BCUT2D eigenvalue weighted by Crippen LogP contribution is -2.04. The number of carbonyl (C=O) groups excluding carboxylic acids is 1. The standard InChI is InChI=1S/C18H11FN2O4/c19-13-7-5-11(6-8-13)17-20-16(25-21-17)10-23-18(22)15-9-12-3-1-2-4-14(12)24-15/h1-9H,10H2. The van der Waals surface area contributed by atoms with E-state index in [-0.39, 0.29) is 29.9 Å². The number of furan rings is 1. The van der Waals surface area contributed by atoms with E-state index in [1.807, 2.05) is 18.2 Å². The quantitative estimate of drug-likeness (QED) is 0.524. The van der Waals surface area contributed by atoms with Crippen LogP contribution in [0.5, 0.6) is 0 Å². The Bertz CT molecular complexity index is 1000. The van der Waals surface area contributed by atoms with Gasteiger partial charge in [-0.2, -0.15) is 4.98 Å². The Balaban J connectivity index is 1.44. The largest absolute Gasteiger partial charge is 0.450 e. The number of esters is 1. The van der Waals surface area contributed by atoms with Crippen molar-refractivity contribution in [3.05, 3.63) is 72.1 Å². The molecule has 124 valence electrons. The van der Waals surface area contributed by atoms with Crippen molar-refractivity contribution in [1.82, 2.24) is 10.1 Å². The molecule has 0 aliphatic heterocycles. The van der Waals surface area contributed by atoms with Crippen molar-refractivity contribution in [2.45, 2.75) is 6.61 Å². The molecular weight excluding hydrogens is 327 g/mol. The van der Waals surface area contributed by atoms with Crippen LogP contribution in [0.1, 0.15) is 16.4 Å². The highest BCUT2D eigenvalue weighted by Gasteiger charge is 2.16. The maximum absolute atomic E-state index is 12.9. The minimum absolute atomic E-state index is 0.0967. The van der Waals surface area contributed by atoms with Crippen molar-refractivity contribution in [3.8, 4) is 11.4 Å². The molecule has 0 unspecified atom stereocenters. The van der Waals surface area contributed by atoms with E-state index in [1.54, 1.807) is 12.1 Å². The summed E-state index contributed by atoms with van der Waals surface area (Å²) in [5, 5.41) is 4.59. The van der Waals surface area contributed by atoms with Crippen LogP contribution < -0.4 is 0 Å². The summed E-state index contributed by atoms with van der Waals surface area (Å²) in [6.07, 6.45) is 0. The second-order valence-corrected chi connectivity index (χ2v) is 5.24. The number of halogens is 1. The lowest BCUT2D eigenvalue weighted by molar-refractivity contribution is 0.0396. The summed E-state index contributed by atoms with van der Waals surface area (Å²) in [6, 6.07) is 14.5. The van der Waals surface area contributed by atoms with E-state index in [1.165, 1.54) is 24.3 Å². The fourth-order valence-corrected chi connectivity index (χ4v) is 2.31. The summed E-state index contributed by atoms with van der Waals surface area (Å²) in [5.41, 5.74) is 1.20. The van der Waals surface area contributed by atoms with Crippen molar-refractivity contribution >= 4 is 16.9 Å². The molecule has 0 radical (unpaired) electrons. The van der Waals surface area contributed by atoms with E-state index in [2.05, 4.69) is 10.1 Å². The van der Waals surface area contributed by atoms with Crippen molar-refractivity contribution in [3.63, 3.8) is 0 Å². The van der Waals surface area contributed by atoms with Gasteiger partial charge in [0.2, 0.25) is 11.6 Å². The van der Waals surface area contributed by atoms with Crippen LogP contribution in [0.25, 0.3) is 22.4 Å². The first-order chi connectivity index (χ1) is 12.2. The van der Waals surface area contributed by atoms with E-state index in [9.17, 15) is 9.18 Å². The van der Waals surface area contributed by atoms with Gasteiger partial charge < -0.3 is 13.7 Å². The lowest BCUT2D eigenvalue weighted by atomic mass is 10.2. The van der Waals surface area contributed by atoms with Crippen LogP contribution in [0.15, 0.2) is 63.5 Å². The molecule has 25 heavy (non-hydrogen) atoms. The Labute approximate surface area is 140 Å². The van der Waals surface area contributed by atoms with Gasteiger partial charge in [-0.05, 0) is 36.4 Å². The van der Waals surface area contributed by atoms with Gasteiger partial charge >= 0.3 is 5.97 Å². The molecule has 0 saturated heterocycles. The topological polar surface area (TPSA) is 78.4 Å². The molecule has 0 bridgehead atoms. The van der Waals surface area contributed by atoms with Gasteiger partial charge in [0.15, 0.2) is 6.61 Å².